The number of aromatic nitrogens is 2. The Balaban J connectivity index is 1.70. The number of carbonyl (C=O) groups excluding carboxylic acids is 1. The lowest BCUT2D eigenvalue weighted by atomic mass is 10.1. The first-order valence-corrected chi connectivity index (χ1v) is 12.4. The average Bonchev–Trinajstić information content (AvgIpc) is 3.17. The van der Waals surface area contributed by atoms with Gasteiger partial charge in [-0.2, -0.15) is 4.31 Å². The third-order valence-electron chi connectivity index (χ3n) is 5.46. The van der Waals surface area contributed by atoms with Crippen molar-refractivity contribution in [1.82, 2.24) is 14.5 Å². The van der Waals surface area contributed by atoms with E-state index in [1.807, 2.05) is 6.92 Å². The van der Waals surface area contributed by atoms with E-state index in [1.165, 1.54) is 23.5 Å². The smallest absolute Gasteiger partial charge is 0.257 e. The van der Waals surface area contributed by atoms with Gasteiger partial charge in [0.1, 0.15) is 5.01 Å². The van der Waals surface area contributed by atoms with Gasteiger partial charge in [0.25, 0.3) is 5.91 Å². The van der Waals surface area contributed by atoms with E-state index < -0.39 is 10.0 Å². The highest BCUT2D eigenvalue weighted by molar-refractivity contribution is 7.89. The van der Waals surface area contributed by atoms with Gasteiger partial charge in [-0.15, -0.1) is 10.2 Å². The Morgan fingerprint density at radius 2 is 1.90 bits per heavy atom. The van der Waals surface area contributed by atoms with Crippen molar-refractivity contribution < 1.29 is 13.2 Å². The van der Waals surface area contributed by atoms with Gasteiger partial charge in [0, 0.05) is 24.1 Å². The number of rotatable bonds is 7. The number of benzene rings is 1. The molecule has 1 fully saturated rings. The molecule has 1 amide bonds. The topological polar surface area (TPSA) is 92.3 Å². The Bertz CT molecular complexity index is 937. The first-order chi connectivity index (χ1) is 13.9. The Hall–Kier alpha value is -1.84. The third kappa shape index (κ3) is 4.84. The molecule has 158 valence electrons. The summed E-state index contributed by atoms with van der Waals surface area (Å²) in [5.41, 5.74) is 0.384. The fourth-order valence-corrected chi connectivity index (χ4v) is 6.30. The summed E-state index contributed by atoms with van der Waals surface area (Å²) in [6.07, 6.45) is 4.76. The van der Waals surface area contributed by atoms with Crippen LogP contribution in [0.3, 0.4) is 0 Å². The lowest BCUT2D eigenvalue weighted by Gasteiger charge is -2.32. The standard InChI is InChI=1S/C20H28N4O3S2/c1-4-15(5-2)19-22-23-20(28-19)21-18(25)16-9-11-17(12-10-16)29(26,27)24-13-7-6-8-14(24)3/h9-12,14-15H,4-8,13H2,1-3H3,(H,21,23,25). The molecule has 1 unspecified atom stereocenters. The van der Waals surface area contributed by atoms with E-state index in [-0.39, 0.29) is 16.8 Å². The Morgan fingerprint density at radius 1 is 1.21 bits per heavy atom. The molecular weight excluding hydrogens is 408 g/mol. The monoisotopic (exact) mass is 436 g/mol. The van der Waals surface area contributed by atoms with E-state index in [0.29, 0.717) is 23.2 Å². The SMILES string of the molecule is CCC(CC)c1nnc(NC(=O)c2ccc(S(=O)(=O)N3CCCCC3C)cc2)s1. The predicted octanol–water partition coefficient (Wildman–Crippen LogP) is 4.26. The predicted molar refractivity (Wildman–Crippen MR) is 115 cm³/mol. The number of carbonyl (C=O) groups is 1. The summed E-state index contributed by atoms with van der Waals surface area (Å²) in [6, 6.07) is 6.08. The number of anilines is 1. The molecule has 1 aromatic carbocycles. The van der Waals surface area contributed by atoms with Crippen molar-refractivity contribution in [2.45, 2.75) is 69.7 Å². The molecule has 0 saturated carbocycles. The first kappa shape index (κ1) is 21.9. The van der Waals surface area contributed by atoms with Crippen molar-refractivity contribution in [3.8, 4) is 0 Å². The van der Waals surface area contributed by atoms with Crippen LogP contribution in [0.5, 0.6) is 0 Å². The van der Waals surface area contributed by atoms with Crippen LogP contribution >= 0.6 is 11.3 Å². The molecule has 2 aromatic rings. The molecule has 1 aromatic heterocycles. The van der Waals surface area contributed by atoms with Crippen LogP contribution in [0.4, 0.5) is 5.13 Å². The molecule has 0 aliphatic carbocycles. The maximum Gasteiger partial charge on any atom is 0.257 e. The lowest BCUT2D eigenvalue weighted by Crippen LogP contribution is -2.41. The van der Waals surface area contributed by atoms with Crippen molar-refractivity contribution in [3.05, 3.63) is 34.8 Å². The molecule has 0 bridgehead atoms. The van der Waals surface area contributed by atoms with E-state index in [9.17, 15) is 13.2 Å². The minimum Gasteiger partial charge on any atom is -0.296 e. The van der Waals surface area contributed by atoms with Crippen molar-refractivity contribution in [2.24, 2.45) is 0 Å². The molecule has 1 N–H and O–H groups in total. The summed E-state index contributed by atoms with van der Waals surface area (Å²) in [6.45, 7) is 6.69. The van der Waals surface area contributed by atoms with Gasteiger partial charge in [0.15, 0.2) is 0 Å². The maximum absolute atomic E-state index is 12.9. The number of hydrogen-bond acceptors (Lipinski definition) is 6. The molecule has 0 radical (unpaired) electrons. The number of nitrogens with zero attached hydrogens (tertiary/aromatic N) is 3. The largest absolute Gasteiger partial charge is 0.296 e. The molecule has 2 heterocycles. The third-order valence-corrected chi connectivity index (χ3v) is 8.49. The fourth-order valence-electron chi connectivity index (χ4n) is 3.60. The van der Waals surface area contributed by atoms with E-state index in [1.54, 1.807) is 16.4 Å². The van der Waals surface area contributed by atoms with Crippen LogP contribution in [0, 0.1) is 0 Å². The molecule has 0 spiro atoms. The van der Waals surface area contributed by atoms with Crippen LogP contribution in [-0.4, -0.2) is 41.4 Å². The Labute approximate surface area is 176 Å². The zero-order valence-electron chi connectivity index (χ0n) is 17.1. The minimum atomic E-state index is -3.54. The highest BCUT2D eigenvalue weighted by atomic mass is 32.2. The van der Waals surface area contributed by atoms with Crippen LogP contribution in [0.15, 0.2) is 29.2 Å². The van der Waals surface area contributed by atoms with Gasteiger partial charge in [-0.3, -0.25) is 10.1 Å². The van der Waals surface area contributed by atoms with Crippen LogP contribution < -0.4 is 5.32 Å². The zero-order chi connectivity index (χ0) is 21.0. The molecular formula is C20H28N4O3S2. The van der Waals surface area contributed by atoms with E-state index in [2.05, 4.69) is 29.4 Å². The number of sulfonamides is 1. The van der Waals surface area contributed by atoms with Crippen LogP contribution in [-0.2, 0) is 10.0 Å². The van der Waals surface area contributed by atoms with Gasteiger partial charge >= 0.3 is 0 Å². The molecule has 1 aliphatic heterocycles. The van der Waals surface area contributed by atoms with Crippen molar-refractivity contribution >= 4 is 32.4 Å². The van der Waals surface area contributed by atoms with E-state index >= 15 is 0 Å². The van der Waals surface area contributed by atoms with Gasteiger partial charge in [0.05, 0.1) is 4.90 Å². The summed E-state index contributed by atoms with van der Waals surface area (Å²) in [4.78, 5) is 12.7. The Morgan fingerprint density at radius 3 is 2.52 bits per heavy atom. The van der Waals surface area contributed by atoms with E-state index in [0.717, 1.165) is 37.1 Å². The minimum absolute atomic E-state index is 0.00149. The molecule has 1 aliphatic rings. The van der Waals surface area contributed by atoms with Crippen molar-refractivity contribution in [3.63, 3.8) is 0 Å². The summed E-state index contributed by atoms with van der Waals surface area (Å²) in [5.74, 6) is 0.0207. The van der Waals surface area contributed by atoms with Crippen LogP contribution in [0.2, 0.25) is 0 Å². The van der Waals surface area contributed by atoms with Gasteiger partial charge in [-0.25, -0.2) is 8.42 Å². The average molecular weight is 437 g/mol. The number of nitrogens with one attached hydrogen (secondary N) is 1. The summed E-state index contributed by atoms with van der Waals surface area (Å²) in [7, 11) is -3.54. The second-order valence-corrected chi connectivity index (χ2v) is 10.3. The summed E-state index contributed by atoms with van der Waals surface area (Å²) >= 11 is 1.38. The molecule has 1 atom stereocenters. The number of amides is 1. The van der Waals surface area contributed by atoms with Crippen LogP contribution in [0.1, 0.15) is 74.2 Å². The molecule has 29 heavy (non-hydrogen) atoms. The molecule has 1 saturated heterocycles. The number of piperidine rings is 1. The second-order valence-electron chi connectivity index (χ2n) is 7.40. The maximum atomic E-state index is 12.9. The van der Waals surface area contributed by atoms with E-state index in [4.69, 9.17) is 0 Å². The summed E-state index contributed by atoms with van der Waals surface area (Å²) in [5, 5.41) is 12.4. The van der Waals surface area contributed by atoms with Gasteiger partial charge in [0.2, 0.25) is 15.2 Å². The fraction of sp³-hybridized carbons (Fsp3) is 0.550. The Kier molecular flexibility index (Phi) is 7.02. The highest BCUT2D eigenvalue weighted by Crippen LogP contribution is 2.29. The number of hydrogen-bond donors (Lipinski definition) is 1. The lowest BCUT2D eigenvalue weighted by molar-refractivity contribution is 0.102. The van der Waals surface area contributed by atoms with Crippen LogP contribution in [0.25, 0.3) is 0 Å². The zero-order valence-corrected chi connectivity index (χ0v) is 18.7. The summed E-state index contributed by atoms with van der Waals surface area (Å²) < 4.78 is 27.4. The normalized spacial score (nSPS) is 18.1. The quantitative estimate of drug-likeness (QED) is 0.700. The van der Waals surface area contributed by atoms with Crippen molar-refractivity contribution in [2.75, 3.05) is 11.9 Å². The molecule has 3 rings (SSSR count). The van der Waals surface area contributed by atoms with Gasteiger partial charge in [-0.05, 0) is 56.9 Å². The first-order valence-electron chi connectivity index (χ1n) is 10.1. The van der Waals surface area contributed by atoms with Crippen molar-refractivity contribution in [1.29, 1.82) is 0 Å². The highest BCUT2D eigenvalue weighted by Gasteiger charge is 2.31. The molecule has 7 nitrogen and oxygen atoms in total. The van der Waals surface area contributed by atoms with Gasteiger partial charge in [-0.1, -0.05) is 31.6 Å². The van der Waals surface area contributed by atoms with Gasteiger partial charge < -0.3 is 0 Å². The molecule has 9 heteroatoms. The second kappa shape index (κ2) is 9.32.